The van der Waals surface area contributed by atoms with Gasteiger partial charge in [0.15, 0.2) is 17.5 Å². The van der Waals surface area contributed by atoms with Gasteiger partial charge >= 0.3 is 0 Å². The van der Waals surface area contributed by atoms with Gasteiger partial charge < -0.3 is 4.57 Å². The van der Waals surface area contributed by atoms with Crippen molar-refractivity contribution in [3.63, 3.8) is 0 Å². The molecule has 318 valence electrons. The highest BCUT2D eigenvalue weighted by molar-refractivity contribution is 7.27. The molecule has 0 amide bonds. The summed E-state index contributed by atoms with van der Waals surface area (Å²) in [6.07, 6.45) is 0. The van der Waals surface area contributed by atoms with E-state index in [2.05, 4.69) is 211 Å². The standard InChI is InChI=1S/C63H40N4S/c1-6-20-41(21-7-1)47-31-18-32-48(42-22-8-2-9-23-42)57(47)45-36-37-49(53(40-45)63-65-61(43-24-10-3-11-25-43)64-62(66-63)44-26-12-4-13-27-44)50-33-19-35-56-58(50)52-38-39-55-59(60(52)68-56)51-30-16-17-34-54(51)67(55)46-28-14-5-15-29-46/h1-40H. The molecule has 3 heterocycles. The molecule has 68 heavy (non-hydrogen) atoms. The Morgan fingerprint density at radius 3 is 1.47 bits per heavy atom. The van der Waals surface area contributed by atoms with Gasteiger partial charge in [0, 0.05) is 53.3 Å². The van der Waals surface area contributed by atoms with Crippen LogP contribution in [0.1, 0.15) is 0 Å². The van der Waals surface area contributed by atoms with Crippen LogP contribution in [0.25, 0.3) is 126 Å². The van der Waals surface area contributed by atoms with E-state index >= 15 is 0 Å². The Morgan fingerprint density at radius 2 is 0.838 bits per heavy atom. The van der Waals surface area contributed by atoms with Crippen LogP contribution in [0.15, 0.2) is 243 Å². The van der Waals surface area contributed by atoms with Gasteiger partial charge in [-0.1, -0.05) is 206 Å². The summed E-state index contributed by atoms with van der Waals surface area (Å²) in [6.45, 7) is 0. The maximum Gasteiger partial charge on any atom is 0.164 e. The minimum atomic E-state index is 0.609. The second-order valence-electron chi connectivity index (χ2n) is 17.1. The Balaban J connectivity index is 1.11. The van der Waals surface area contributed by atoms with E-state index in [0.717, 1.165) is 66.9 Å². The molecular weight excluding hydrogens is 845 g/mol. The van der Waals surface area contributed by atoms with E-state index in [-0.39, 0.29) is 0 Å². The fraction of sp³-hybridized carbons (Fsp3) is 0. The molecule has 0 aliphatic carbocycles. The number of hydrogen-bond donors (Lipinski definition) is 0. The zero-order valence-corrected chi connectivity index (χ0v) is 37.6. The third kappa shape index (κ3) is 6.71. The van der Waals surface area contributed by atoms with Crippen molar-refractivity contribution < 1.29 is 0 Å². The largest absolute Gasteiger partial charge is 0.309 e. The maximum absolute atomic E-state index is 5.40. The normalized spacial score (nSPS) is 11.5. The van der Waals surface area contributed by atoms with Crippen LogP contribution >= 0.6 is 11.3 Å². The van der Waals surface area contributed by atoms with Crippen LogP contribution in [-0.2, 0) is 0 Å². The Hall–Kier alpha value is -8.77. The first-order valence-electron chi connectivity index (χ1n) is 22.9. The Morgan fingerprint density at radius 1 is 0.309 bits per heavy atom. The lowest BCUT2D eigenvalue weighted by atomic mass is 9.85. The van der Waals surface area contributed by atoms with E-state index in [1.54, 1.807) is 0 Å². The van der Waals surface area contributed by atoms with Crippen molar-refractivity contribution in [2.75, 3.05) is 0 Å². The number of rotatable bonds is 8. The highest BCUT2D eigenvalue weighted by atomic mass is 32.1. The molecule has 10 aromatic carbocycles. The minimum Gasteiger partial charge on any atom is -0.309 e. The fourth-order valence-electron chi connectivity index (χ4n) is 10.0. The molecular formula is C63H40N4S. The summed E-state index contributed by atoms with van der Waals surface area (Å²) in [5, 5.41) is 4.96. The van der Waals surface area contributed by atoms with Crippen molar-refractivity contribution in [2.24, 2.45) is 0 Å². The third-order valence-electron chi connectivity index (χ3n) is 13.1. The zero-order valence-electron chi connectivity index (χ0n) is 36.8. The lowest BCUT2D eigenvalue weighted by Gasteiger charge is -2.19. The lowest BCUT2D eigenvalue weighted by molar-refractivity contribution is 1.07. The van der Waals surface area contributed by atoms with Gasteiger partial charge in [0.2, 0.25) is 0 Å². The zero-order chi connectivity index (χ0) is 45.0. The van der Waals surface area contributed by atoms with Gasteiger partial charge in [0.25, 0.3) is 0 Å². The summed E-state index contributed by atoms with van der Waals surface area (Å²) in [4.78, 5) is 15.9. The van der Waals surface area contributed by atoms with Crippen molar-refractivity contribution >= 4 is 53.3 Å². The number of nitrogens with zero attached hydrogens (tertiary/aromatic N) is 4. The number of aromatic nitrogens is 4. The molecule has 0 saturated heterocycles. The highest BCUT2D eigenvalue weighted by Gasteiger charge is 2.24. The number of thiophene rings is 1. The van der Waals surface area contributed by atoms with Gasteiger partial charge in [-0.25, -0.2) is 15.0 Å². The molecule has 0 N–H and O–H groups in total. The summed E-state index contributed by atoms with van der Waals surface area (Å²) in [7, 11) is 0. The van der Waals surface area contributed by atoms with Gasteiger partial charge in [-0.3, -0.25) is 0 Å². The van der Waals surface area contributed by atoms with Crippen molar-refractivity contribution in [1.29, 1.82) is 0 Å². The van der Waals surface area contributed by atoms with E-state index < -0.39 is 0 Å². The summed E-state index contributed by atoms with van der Waals surface area (Å²) < 4.78 is 4.90. The Labute approximate surface area is 397 Å². The molecule has 0 aliphatic heterocycles. The molecule has 0 spiro atoms. The monoisotopic (exact) mass is 884 g/mol. The summed E-state index contributed by atoms with van der Waals surface area (Å²) >= 11 is 1.87. The second kappa shape index (κ2) is 16.6. The van der Waals surface area contributed by atoms with Gasteiger partial charge in [-0.05, 0) is 80.9 Å². The van der Waals surface area contributed by atoms with Crippen molar-refractivity contribution in [3.05, 3.63) is 243 Å². The molecule has 0 atom stereocenters. The minimum absolute atomic E-state index is 0.609. The molecule has 0 radical (unpaired) electrons. The van der Waals surface area contributed by atoms with E-state index in [0.29, 0.717) is 17.5 Å². The smallest absolute Gasteiger partial charge is 0.164 e. The fourth-order valence-corrected chi connectivity index (χ4v) is 11.3. The van der Waals surface area contributed by atoms with Crippen molar-refractivity contribution in [1.82, 2.24) is 19.5 Å². The summed E-state index contributed by atoms with van der Waals surface area (Å²) in [5.74, 6) is 1.85. The van der Waals surface area contributed by atoms with Gasteiger partial charge in [0.1, 0.15) is 0 Å². The molecule has 0 fully saturated rings. The molecule has 3 aromatic heterocycles. The SMILES string of the molecule is c1ccc(-c2nc(-c3ccccc3)nc(-c3cc(-c4c(-c5ccccc5)cccc4-c4ccccc4)ccc3-c3cccc4sc5c(ccc6c5c5ccccc5n6-c5ccccc5)c34)n2)cc1. The predicted molar refractivity (Wildman–Crippen MR) is 285 cm³/mol. The summed E-state index contributed by atoms with van der Waals surface area (Å²) in [6, 6.07) is 86.3. The Kier molecular flexibility index (Phi) is 9.66. The summed E-state index contributed by atoms with van der Waals surface area (Å²) in [5.41, 5.74) is 15.3. The van der Waals surface area contributed by atoms with E-state index in [4.69, 9.17) is 15.0 Å². The molecule has 5 heteroatoms. The number of benzene rings is 10. The maximum atomic E-state index is 5.40. The molecule has 0 unspecified atom stereocenters. The van der Waals surface area contributed by atoms with Gasteiger partial charge in [0.05, 0.1) is 11.0 Å². The van der Waals surface area contributed by atoms with Crippen LogP contribution in [0.3, 0.4) is 0 Å². The average Bonchev–Trinajstić information content (AvgIpc) is 3.98. The second-order valence-corrected chi connectivity index (χ2v) is 18.1. The molecule has 0 aliphatic rings. The quantitative estimate of drug-likeness (QED) is 0.153. The third-order valence-corrected chi connectivity index (χ3v) is 14.3. The van der Waals surface area contributed by atoms with Crippen LogP contribution in [0.4, 0.5) is 0 Å². The number of para-hydroxylation sites is 2. The molecule has 0 saturated carbocycles. The van der Waals surface area contributed by atoms with Crippen LogP contribution in [0, 0.1) is 0 Å². The van der Waals surface area contributed by atoms with E-state index in [1.165, 1.54) is 42.0 Å². The molecule has 0 bridgehead atoms. The van der Waals surface area contributed by atoms with Crippen molar-refractivity contribution in [3.8, 4) is 84.4 Å². The van der Waals surface area contributed by atoms with E-state index in [1.807, 2.05) is 47.7 Å². The first kappa shape index (κ1) is 39.6. The predicted octanol–water partition coefficient (Wildman–Crippen LogP) is 17.0. The lowest BCUT2D eigenvalue weighted by Crippen LogP contribution is -2.01. The molecule has 4 nitrogen and oxygen atoms in total. The first-order valence-corrected chi connectivity index (χ1v) is 23.8. The number of hydrogen-bond acceptors (Lipinski definition) is 4. The van der Waals surface area contributed by atoms with Crippen LogP contribution < -0.4 is 0 Å². The van der Waals surface area contributed by atoms with Crippen LogP contribution in [-0.4, -0.2) is 19.5 Å². The highest BCUT2D eigenvalue weighted by Crippen LogP contribution is 2.49. The van der Waals surface area contributed by atoms with Crippen molar-refractivity contribution in [2.45, 2.75) is 0 Å². The van der Waals surface area contributed by atoms with Crippen LogP contribution in [0.2, 0.25) is 0 Å². The number of fused-ring (bicyclic) bond motifs is 7. The first-order chi connectivity index (χ1) is 33.7. The average molecular weight is 885 g/mol. The molecule has 13 aromatic rings. The molecule has 13 rings (SSSR count). The van der Waals surface area contributed by atoms with Crippen LogP contribution in [0.5, 0.6) is 0 Å². The van der Waals surface area contributed by atoms with E-state index in [9.17, 15) is 0 Å². The van der Waals surface area contributed by atoms with Gasteiger partial charge in [-0.15, -0.1) is 11.3 Å². The van der Waals surface area contributed by atoms with Gasteiger partial charge in [-0.2, -0.15) is 0 Å². The topological polar surface area (TPSA) is 43.6 Å². The Bertz CT molecular complexity index is 3880.